The SMILES string of the molecule is CC1CN(S(=O)(=O)c2cc[nH]c2)C(C)CN1. The van der Waals surface area contributed by atoms with Gasteiger partial charge in [0.2, 0.25) is 10.0 Å². The summed E-state index contributed by atoms with van der Waals surface area (Å²) in [6, 6.07) is 1.79. The third-order valence-corrected chi connectivity index (χ3v) is 4.86. The zero-order valence-corrected chi connectivity index (χ0v) is 10.3. The van der Waals surface area contributed by atoms with E-state index in [0.29, 0.717) is 18.0 Å². The van der Waals surface area contributed by atoms with Gasteiger partial charge in [-0.3, -0.25) is 0 Å². The fourth-order valence-corrected chi connectivity index (χ4v) is 3.62. The number of hydrogen-bond donors (Lipinski definition) is 2. The average Bonchev–Trinajstić information content (AvgIpc) is 2.75. The van der Waals surface area contributed by atoms with Gasteiger partial charge in [-0.05, 0) is 19.9 Å². The van der Waals surface area contributed by atoms with E-state index < -0.39 is 10.0 Å². The number of aromatic nitrogens is 1. The second kappa shape index (κ2) is 4.20. The van der Waals surface area contributed by atoms with Crippen molar-refractivity contribution in [1.82, 2.24) is 14.6 Å². The highest BCUT2D eigenvalue weighted by Crippen LogP contribution is 2.19. The number of hydrogen-bond acceptors (Lipinski definition) is 3. The van der Waals surface area contributed by atoms with E-state index in [-0.39, 0.29) is 12.1 Å². The maximum Gasteiger partial charge on any atom is 0.244 e. The van der Waals surface area contributed by atoms with Crippen LogP contribution in [-0.4, -0.2) is 42.9 Å². The number of rotatable bonds is 2. The van der Waals surface area contributed by atoms with Crippen molar-refractivity contribution in [3.63, 3.8) is 0 Å². The molecular weight excluding hydrogens is 226 g/mol. The molecule has 0 amide bonds. The normalized spacial score (nSPS) is 28.1. The Hall–Kier alpha value is -0.850. The molecule has 0 aliphatic carbocycles. The molecule has 0 aromatic carbocycles. The van der Waals surface area contributed by atoms with Crippen LogP contribution in [0, 0.1) is 0 Å². The van der Waals surface area contributed by atoms with E-state index >= 15 is 0 Å². The Morgan fingerprint density at radius 3 is 2.81 bits per heavy atom. The predicted molar refractivity (Wildman–Crippen MR) is 61.6 cm³/mol. The number of sulfonamides is 1. The van der Waals surface area contributed by atoms with E-state index in [2.05, 4.69) is 10.3 Å². The lowest BCUT2D eigenvalue weighted by atomic mass is 10.2. The summed E-state index contributed by atoms with van der Waals surface area (Å²) in [4.78, 5) is 3.12. The van der Waals surface area contributed by atoms with Gasteiger partial charge in [-0.25, -0.2) is 8.42 Å². The number of piperazine rings is 1. The number of H-pyrrole nitrogens is 1. The molecule has 6 heteroatoms. The van der Waals surface area contributed by atoms with Crippen molar-refractivity contribution in [2.45, 2.75) is 30.8 Å². The summed E-state index contributed by atoms with van der Waals surface area (Å²) in [5.41, 5.74) is 0. The molecule has 5 nitrogen and oxygen atoms in total. The van der Waals surface area contributed by atoms with Crippen molar-refractivity contribution in [3.8, 4) is 0 Å². The lowest BCUT2D eigenvalue weighted by molar-refractivity contribution is 0.244. The Morgan fingerprint density at radius 2 is 2.19 bits per heavy atom. The first-order chi connectivity index (χ1) is 7.51. The van der Waals surface area contributed by atoms with Gasteiger partial charge in [0.05, 0.1) is 4.90 Å². The molecule has 0 radical (unpaired) electrons. The first kappa shape index (κ1) is 11.6. The molecule has 2 N–H and O–H groups in total. The molecule has 2 heterocycles. The van der Waals surface area contributed by atoms with Crippen molar-refractivity contribution in [1.29, 1.82) is 0 Å². The molecule has 1 aliphatic heterocycles. The zero-order valence-electron chi connectivity index (χ0n) is 9.47. The highest BCUT2D eigenvalue weighted by Gasteiger charge is 2.33. The fourth-order valence-electron chi connectivity index (χ4n) is 1.93. The molecule has 0 spiro atoms. The van der Waals surface area contributed by atoms with Crippen molar-refractivity contribution in [3.05, 3.63) is 18.5 Å². The van der Waals surface area contributed by atoms with E-state index in [0.717, 1.165) is 0 Å². The lowest BCUT2D eigenvalue weighted by Gasteiger charge is -2.36. The van der Waals surface area contributed by atoms with Gasteiger partial charge >= 0.3 is 0 Å². The summed E-state index contributed by atoms with van der Waals surface area (Å²) < 4.78 is 26.1. The van der Waals surface area contributed by atoms with Crippen LogP contribution in [0.3, 0.4) is 0 Å². The van der Waals surface area contributed by atoms with E-state index in [9.17, 15) is 8.42 Å². The molecule has 1 aromatic rings. The largest absolute Gasteiger partial charge is 0.366 e. The van der Waals surface area contributed by atoms with Crippen LogP contribution in [0.1, 0.15) is 13.8 Å². The van der Waals surface area contributed by atoms with Crippen LogP contribution in [0.5, 0.6) is 0 Å². The first-order valence-electron chi connectivity index (χ1n) is 5.40. The minimum atomic E-state index is -3.34. The molecule has 90 valence electrons. The summed E-state index contributed by atoms with van der Waals surface area (Å²) in [7, 11) is -3.34. The maximum atomic E-state index is 12.3. The van der Waals surface area contributed by atoms with Crippen molar-refractivity contribution < 1.29 is 8.42 Å². The van der Waals surface area contributed by atoms with E-state index in [1.807, 2.05) is 13.8 Å². The predicted octanol–water partition coefficient (Wildman–Crippen LogP) is 0.386. The molecule has 2 unspecified atom stereocenters. The number of nitrogens with one attached hydrogen (secondary N) is 2. The van der Waals surface area contributed by atoms with E-state index in [4.69, 9.17) is 0 Å². The quantitative estimate of drug-likeness (QED) is 0.789. The third-order valence-electron chi connectivity index (χ3n) is 2.88. The molecule has 2 atom stereocenters. The first-order valence-corrected chi connectivity index (χ1v) is 6.84. The van der Waals surface area contributed by atoms with Gasteiger partial charge in [-0.15, -0.1) is 0 Å². The molecule has 1 aliphatic rings. The van der Waals surface area contributed by atoms with Crippen LogP contribution in [0.2, 0.25) is 0 Å². The monoisotopic (exact) mass is 243 g/mol. The van der Waals surface area contributed by atoms with Crippen molar-refractivity contribution >= 4 is 10.0 Å². The Bertz CT molecular complexity index is 441. The molecular formula is C10H17N3O2S. The molecule has 0 saturated carbocycles. The van der Waals surface area contributed by atoms with Gasteiger partial charge in [0.25, 0.3) is 0 Å². The fraction of sp³-hybridized carbons (Fsp3) is 0.600. The van der Waals surface area contributed by atoms with Gasteiger partial charge in [-0.2, -0.15) is 4.31 Å². The smallest absolute Gasteiger partial charge is 0.244 e. The second-order valence-corrected chi connectivity index (χ2v) is 6.17. The zero-order chi connectivity index (χ0) is 11.8. The van der Waals surface area contributed by atoms with Gasteiger partial charge < -0.3 is 10.3 Å². The maximum absolute atomic E-state index is 12.3. The topological polar surface area (TPSA) is 65.2 Å². The van der Waals surface area contributed by atoms with Gasteiger partial charge in [0.15, 0.2) is 0 Å². The number of nitrogens with zero attached hydrogens (tertiary/aromatic N) is 1. The van der Waals surface area contributed by atoms with Gasteiger partial charge in [0, 0.05) is 37.6 Å². The van der Waals surface area contributed by atoms with Crippen molar-refractivity contribution in [2.24, 2.45) is 0 Å². The molecule has 1 aromatic heterocycles. The molecule has 1 fully saturated rings. The summed E-state index contributed by atoms with van der Waals surface area (Å²) >= 11 is 0. The standard InChI is InChI=1S/C10H17N3O2S/c1-8-7-13(9(2)5-12-8)16(14,15)10-3-4-11-6-10/h3-4,6,8-9,11-12H,5,7H2,1-2H3. The second-order valence-electron chi connectivity index (χ2n) is 4.28. The van der Waals surface area contributed by atoms with Crippen LogP contribution in [0.25, 0.3) is 0 Å². The number of aromatic amines is 1. The molecule has 0 bridgehead atoms. The average molecular weight is 243 g/mol. The third kappa shape index (κ3) is 2.00. The minimum absolute atomic E-state index is 0.00361. The Labute approximate surface area is 95.9 Å². The highest BCUT2D eigenvalue weighted by atomic mass is 32.2. The van der Waals surface area contributed by atoms with Crippen molar-refractivity contribution in [2.75, 3.05) is 13.1 Å². The van der Waals surface area contributed by atoms with Crippen LogP contribution in [-0.2, 0) is 10.0 Å². The summed E-state index contributed by atoms with van der Waals surface area (Å²) in [6.45, 7) is 5.13. The van der Waals surface area contributed by atoms with Gasteiger partial charge in [0.1, 0.15) is 0 Å². The van der Waals surface area contributed by atoms with Crippen LogP contribution >= 0.6 is 0 Å². The van der Waals surface area contributed by atoms with E-state index in [1.165, 1.54) is 6.20 Å². The van der Waals surface area contributed by atoms with E-state index in [1.54, 1.807) is 16.6 Å². The Balaban J connectivity index is 2.29. The Kier molecular flexibility index (Phi) is 3.05. The minimum Gasteiger partial charge on any atom is -0.366 e. The van der Waals surface area contributed by atoms with Crippen LogP contribution in [0.4, 0.5) is 0 Å². The van der Waals surface area contributed by atoms with Crippen LogP contribution in [0.15, 0.2) is 23.4 Å². The van der Waals surface area contributed by atoms with Gasteiger partial charge in [-0.1, -0.05) is 0 Å². The molecule has 1 saturated heterocycles. The molecule has 16 heavy (non-hydrogen) atoms. The summed E-state index contributed by atoms with van der Waals surface area (Å²) in [5, 5.41) is 3.27. The lowest BCUT2D eigenvalue weighted by Crippen LogP contribution is -2.56. The molecule has 2 rings (SSSR count). The van der Waals surface area contributed by atoms with Crippen LogP contribution < -0.4 is 5.32 Å². The summed E-state index contributed by atoms with van der Waals surface area (Å²) in [6.07, 6.45) is 3.15. The Morgan fingerprint density at radius 1 is 1.44 bits per heavy atom. The highest BCUT2D eigenvalue weighted by molar-refractivity contribution is 7.89. The summed E-state index contributed by atoms with van der Waals surface area (Å²) in [5.74, 6) is 0.